The van der Waals surface area contributed by atoms with Crippen molar-refractivity contribution in [3.63, 3.8) is 0 Å². The number of carbonyl (C=O) groups is 1. The maximum absolute atomic E-state index is 13.8. The third-order valence-corrected chi connectivity index (χ3v) is 3.70. The Kier molecular flexibility index (Phi) is 4.34. The van der Waals surface area contributed by atoms with Crippen molar-refractivity contribution in [1.82, 2.24) is 0 Å². The second-order valence-electron chi connectivity index (χ2n) is 4.38. The SMILES string of the molecule is NC(=O)c1cc(S(N)(=O)=O)c(F)cc1N=Cc1ccccc1. The summed E-state index contributed by atoms with van der Waals surface area (Å²) in [7, 11) is -4.31. The van der Waals surface area contributed by atoms with Gasteiger partial charge in [-0.25, -0.2) is 17.9 Å². The summed E-state index contributed by atoms with van der Waals surface area (Å²) in [5.74, 6) is -2.04. The number of primary amides is 1. The number of hydrogen-bond donors (Lipinski definition) is 2. The lowest BCUT2D eigenvalue weighted by molar-refractivity contribution is 0.100. The van der Waals surface area contributed by atoms with Gasteiger partial charge in [-0.3, -0.25) is 9.79 Å². The van der Waals surface area contributed by atoms with Crippen molar-refractivity contribution >= 4 is 27.8 Å². The summed E-state index contributed by atoms with van der Waals surface area (Å²) in [6.45, 7) is 0. The second kappa shape index (κ2) is 6.04. The summed E-state index contributed by atoms with van der Waals surface area (Å²) in [5.41, 5.74) is 5.57. The van der Waals surface area contributed by atoms with Crippen molar-refractivity contribution in [1.29, 1.82) is 0 Å². The van der Waals surface area contributed by atoms with Crippen molar-refractivity contribution < 1.29 is 17.6 Å². The maximum Gasteiger partial charge on any atom is 0.250 e. The average molecular weight is 321 g/mol. The first-order valence-corrected chi connectivity index (χ1v) is 7.59. The lowest BCUT2D eigenvalue weighted by Gasteiger charge is -2.06. The van der Waals surface area contributed by atoms with Crippen LogP contribution in [0.25, 0.3) is 0 Å². The highest BCUT2D eigenvalue weighted by atomic mass is 32.2. The fourth-order valence-corrected chi connectivity index (χ4v) is 2.36. The molecular weight excluding hydrogens is 309 g/mol. The van der Waals surface area contributed by atoms with E-state index in [1.165, 1.54) is 6.21 Å². The van der Waals surface area contributed by atoms with Gasteiger partial charge in [-0.1, -0.05) is 30.3 Å². The van der Waals surface area contributed by atoms with Crippen LogP contribution in [-0.4, -0.2) is 20.5 Å². The van der Waals surface area contributed by atoms with Gasteiger partial charge in [0.15, 0.2) is 0 Å². The van der Waals surface area contributed by atoms with Gasteiger partial charge in [0.1, 0.15) is 10.7 Å². The number of benzene rings is 2. The van der Waals surface area contributed by atoms with Crippen molar-refractivity contribution in [3.05, 3.63) is 59.4 Å². The van der Waals surface area contributed by atoms with Crippen LogP contribution in [-0.2, 0) is 10.0 Å². The number of halogens is 1. The molecule has 1 amide bonds. The molecule has 22 heavy (non-hydrogen) atoms. The van der Waals surface area contributed by atoms with Crippen molar-refractivity contribution in [3.8, 4) is 0 Å². The Balaban J connectivity index is 2.54. The number of primary sulfonamides is 1. The van der Waals surface area contributed by atoms with Crippen LogP contribution in [0.2, 0.25) is 0 Å². The Labute approximate surface area is 126 Å². The largest absolute Gasteiger partial charge is 0.366 e. The average Bonchev–Trinajstić information content (AvgIpc) is 2.44. The van der Waals surface area contributed by atoms with Crippen LogP contribution >= 0.6 is 0 Å². The maximum atomic E-state index is 13.8. The van der Waals surface area contributed by atoms with Crippen LogP contribution in [0.1, 0.15) is 15.9 Å². The van der Waals surface area contributed by atoms with Crippen LogP contribution in [0.3, 0.4) is 0 Å². The first-order valence-electron chi connectivity index (χ1n) is 6.04. The molecule has 4 N–H and O–H groups in total. The molecule has 0 aliphatic rings. The molecule has 0 saturated heterocycles. The molecule has 0 aromatic heterocycles. The molecule has 0 spiro atoms. The van der Waals surface area contributed by atoms with E-state index in [0.717, 1.165) is 12.1 Å². The lowest BCUT2D eigenvalue weighted by atomic mass is 10.1. The molecule has 0 heterocycles. The number of amides is 1. The van der Waals surface area contributed by atoms with Crippen molar-refractivity contribution in [2.75, 3.05) is 0 Å². The summed E-state index contributed by atoms with van der Waals surface area (Å²) >= 11 is 0. The van der Waals surface area contributed by atoms with E-state index < -0.39 is 26.6 Å². The molecule has 0 unspecified atom stereocenters. The molecule has 0 fully saturated rings. The van der Waals surface area contributed by atoms with E-state index in [9.17, 15) is 17.6 Å². The predicted molar refractivity (Wildman–Crippen MR) is 80.0 cm³/mol. The Morgan fingerprint density at radius 1 is 1.18 bits per heavy atom. The van der Waals surface area contributed by atoms with Crippen LogP contribution in [0.15, 0.2) is 52.4 Å². The van der Waals surface area contributed by atoms with Gasteiger partial charge in [0.05, 0.1) is 11.3 Å². The Morgan fingerprint density at radius 3 is 2.36 bits per heavy atom. The number of nitrogens with zero attached hydrogens (tertiary/aromatic N) is 1. The van der Waals surface area contributed by atoms with E-state index >= 15 is 0 Å². The van der Waals surface area contributed by atoms with Gasteiger partial charge in [0.2, 0.25) is 10.0 Å². The lowest BCUT2D eigenvalue weighted by Crippen LogP contribution is -2.17. The molecule has 0 aliphatic carbocycles. The van der Waals surface area contributed by atoms with Crippen LogP contribution in [0, 0.1) is 5.82 Å². The predicted octanol–water partition coefficient (Wildman–Crippen LogP) is 1.32. The molecule has 114 valence electrons. The first kappa shape index (κ1) is 15.8. The molecule has 0 saturated carbocycles. The number of carbonyl (C=O) groups excluding carboxylic acids is 1. The molecule has 0 atom stereocenters. The molecule has 0 aliphatic heterocycles. The van der Waals surface area contributed by atoms with E-state index in [4.69, 9.17) is 10.9 Å². The smallest absolute Gasteiger partial charge is 0.250 e. The van der Waals surface area contributed by atoms with Crippen LogP contribution in [0.5, 0.6) is 0 Å². The molecule has 2 rings (SSSR count). The Morgan fingerprint density at radius 2 is 1.82 bits per heavy atom. The zero-order valence-electron chi connectivity index (χ0n) is 11.2. The Hall–Kier alpha value is -2.58. The van der Waals surface area contributed by atoms with Gasteiger partial charge in [0, 0.05) is 12.3 Å². The van der Waals surface area contributed by atoms with Gasteiger partial charge >= 0.3 is 0 Å². The molecular formula is C14H12FN3O3S. The van der Waals surface area contributed by atoms with Crippen LogP contribution in [0.4, 0.5) is 10.1 Å². The summed E-state index contributed by atoms with van der Waals surface area (Å²) in [5, 5.41) is 4.88. The molecule has 0 radical (unpaired) electrons. The summed E-state index contributed by atoms with van der Waals surface area (Å²) in [4.78, 5) is 14.6. The molecule has 8 heteroatoms. The highest BCUT2D eigenvalue weighted by Crippen LogP contribution is 2.25. The molecule has 0 bridgehead atoms. The highest BCUT2D eigenvalue weighted by molar-refractivity contribution is 7.89. The third-order valence-electron chi connectivity index (χ3n) is 2.77. The minimum absolute atomic E-state index is 0.0822. The van der Waals surface area contributed by atoms with E-state index in [0.29, 0.717) is 5.56 Å². The van der Waals surface area contributed by atoms with Crippen LogP contribution < -0.4 is 10.9 Å². The quantitative estimate of drug-likeness (QED) is 0.827. The normalized spacial score (nSPS) is 11.7. The summed E-state index contributed by atoms with van der Waals surface area (Å²) in [6, 6.07) is 10.5. The number of rotatable bonds is 4. The zero-order chi connectivity index (χ0) is 16.3. The number of nitrogens with two attached hydrogens (primary N) is 2. The van der Waals surface area contributed by atoms with Gasteiger partial charge in [0.25, 0.3) is 5.91 Å². The summed E-state index contributed by atoms with van der Waals surface area (Å²) < 4.78 is 36.4. The second-order valence-corrected chi connectivity index (χ2v) is 5.91. The standard InChI is InChI=1S/C14H12FN3O3S/c15-11-7-12(18-8-9-4-2-1-3-5-9)10(14(16)19)6-13(11)22(17,20)21/h1-8H,(H2,16,19)(H2,17,20,21). The fraction of sp³-hybridized carbons (Fsp3) is 0. The topological polar surface area (TPSA) is 116 Å². The monoisotopic (exact) mass is 321 g/mol. The zero-order valence-corrected chi connectivity index (χ0v) is 12.0. The number of sulfonamides is 1. The van der Waals surface area contributed by atoms with Gasteiger partial charge in [-0.05, 0) is 11.6 Å². The molecule has 2 aromatic carbocycles. The fourth-order valence-electron chi connectivity index (χ4n) is 1.75. The first-order chi connectivity index (χ1) is 10.3. The van der Waals surface area contributed by atoms with E-state index in [2.05, 4.69) is 4.99 Å². The molecule has 6 nitrogen and oxygen atoms in total. The van der Waals surface area contributed by atoms with Crippen molar-refractivity contribution in [2.45, 2.75) is 4.90 Å². The highest BCUT2D eigenvalue weighted by Gasteiger charge is 2.20. The minimum atomic E-state index is -4.31. The van der Waals surface area contributed by atoms with E-state index in [-0.39, 0.29) is 11.3 Å². The van der Waals surface area contributed by atoms with Gasteiger partial charge in [-0.2, -0.15) is 0 Å². The number of aliphatic imine (C=N–C) groups is 1. The Bertz CT molecular complexity index is 849. The third kappa shape index (κ3) is 3.54. The van der Waals surface area contributed by atoms with Crippen molar-refractivity contribution in [2.24, 2.45) is 15.9 Å². The van der Waals surface area contributed by atoms with Gasteiger partial charge in [-0.15, -0.1) is 0 Å². The van der Waals surface area contributed by atoms with E-state index in [1.54, 1.807) is 24.3 Å². The molecule has 2 aromatic rings. The summed E-state index contributed by atoms with van der Waals surface area (Å²) in [6.07, 6.45) is 1.40. The minimum Gasteiger partial charge on any atom is -0.366 e. The van der Waals surface area contributed by atoms with Gasteiger partial charge < -0.3 is 5.73 Å². The number of hydrogen-bond acceptors (Lipinski definition) is 4. The van der Waals surface area contributed by atoms with E-state index in [1.807, 2.05) is 6.07 Å².